The highest BCUT2D eigenvalue weighted by molar-refractivity contribution is 5.25. The lowest BCUT2D eigenvalue weighted by molar-refractivity contribution is 0.147. The highest BCUT2D eigenvalue weighted by Crippen LogP contribution is 2.34. The number of pyridine rings is 1. The SMILES string of the molecule is CC(C)CN(Cc1cncnc1)[C@H]1CCCc2cccnc21. The van der Waals surface area contributed by atoms with Gasteiger partial charge in [-0.1, -0.05) is 19.9 Å². The Morgan fingerprint density at radius 2 is 2.09 bits per heavy atom. The highest BCUT2D eigenvalue weighted by Gasteiger charge is 2.27. The summed E-state index contributed by atoms with van der Waals surface area (Å²) in [5.41, 5.74) is 3.86. The molecule has 116 valence electrons. The molecule has 2 heterocycles. The summed E-state index contributed by atoms with van der Waals surface area (Å²) in [6, 6.07) is 4.69. The fourth-order valence-electron chi connectivity index (χ4n) is 3.36. The Bertz CT molecular complexity index is 597. The molecule has 1 aliphatic rings. The monoisotopic (exact) mass is 296 g/mol. The van der Waals surface area contributed by atoms with Crippen LogP contribution < -0.4 is 0 Å². The Balaban J connectivity index is 1.86. The predicted octanol–water partition coefficient (Wildman–Crippen LogP) is 3.41. The van der Waals surface area contributed by atoms with Crippen LogP contribution in [0.5, 0.6) is 0 Å². The van der Waals surface area contributed by atoms with Gasteiger partial charge in [0.15, 0.2) is 0 Å². The Hall–Kier alpha value is -1.81. The molecule has 0 fully saturated rings. The molecular formula is C18H24N4. The maximum absolute atomic E-state index is 4.70. The van der Waals surface area contributed by atoms with Gasteiger partial charge in [-0.05, 0) is 36.8 Å². The van der Waals surface area contributed by atoms with Gasteiger partial charge in [-0.15, -0.1) is 0 Å². The average molecular weight is 296 g/mol. The molecule has 2 aromatic heterocycles. The summed E-state index contributed by atoms with van der Waals surface area (Å²) in [6.45, 7) is 6.50. The second-order valence-electron chi connectivity index (χ2n) is 6.53. The lowest BCUT2D eigenvalue weighted by Gasteiger charge is -2.36. The number of rotatable bonds is 5. The van der Waals surface area contributed by atoms with Crippen LogP contribution in [0.15, 0.2) is 37.1 Å². The second-order valence-corrected chi connectivity index (χ2v) is 6.53. The average Bonchev–Trinajstić information content (AvgIpc) is 2.54. The van der Waals surface area contributed by atoms with Gasteiger partial charge in [-0.25, -0.2) is 9.97 Å². The van der Waals surface area contributed by atoms with Crippen LogP contribution in [0, 0.1) is 5.92 Å². The van der Waals surface area contributed by atoms with E-state index < -0.39 is 0 Å². The molecule has 0 saturated carbocycles. The van der Waals surface area contributed by atoms with E-state index >= 15 is 0 Å². The molecule has 0 amide bonds. The number of fused-ring (bicyclic) bond motifs is 1. The number of aryl methyl sites for hydroxylation is 1. The zero-order valence-corrected chi connectivity index (χ0v) is 13.4. The topological polar surface area (TPSA) is 41.9 Å². The lowest BCUT2D eigenvalue weighted by atomic mass is 9.90. The molecule has 2 aromatic rings. The van der Waals surface area contributed by atoms with E-state index in [2.05, 4.69) is 40.8 Å². The minimum atomic E-state index is 0.410. The van der Waals surface area contributed by atoms with Crippen molar-refractivity contribution in [1.29, 1.82) is 0 Å². The van der Waals surface area contributed by atoms with Crippen molar-refractivity contribution >= 4 is 0 Å². The summed E-state index contributed by atoms with van der Waals surface area (Å²) >= 11 is 0. The molecule has 1 atom stereocenters. The maximum Gasteiger partial charge on any atom is 0.115 e. The van der Waals surface area contributed by atoms with Gasteiger partial charge in [0.1, 0.15) is 6.33 Å². The summed E-state index contributed by atoms with van der Waals surface area (Å²) < 4.78 is 0. The van der Waals surface area contributed by atoms with Crippen LogP contribution in [-0.4, -0.2) is 26.4 Å². The lowest BCUT2D eigenvalue weighted by Crippen LogP contribution is -2.34. The fourth-order valence-corrected chi connectivity index (χ4v) is 3.36. The third-order valence-corrected chi connectivity index (χ3v) is 4.21. The first-order chi connectivity index (χ1) is 10.7. The van der Waals surface area contributed by atoms with Crippen LogP contribution in [0.2, 0.25) is 0 Å². The van der Waals surface area contributed by atoms with Gasteiger partial charge in [0.2, 0.25) is 0 Å². The van der Waals surface area contributed by atoms with E-state index in [1.807, 2.05) is 18.6 Å². The van der Waals surface area contributed by atoms with Crippen LogP contribution in [0.4, 0.5) is 0 Å². The molecule has 4 heteroatoms. The molecule has 0 spiro atoms. The first kappa shape index (κ1) is 15.1. The van der Waals surface area contributed by atoms with Gasteiger partial charge in [0, 0.05) is 37.2 Å². The minimum absolute atomic E-state index is 0.410. The first-order valence-corrected chi connectivity index (χ1v) is 8.15. The molecule has 1 aliphatic carbocycles. The Kier molecular flexibility index (Phi) is 4.78. The summed E-state index contributed by atoms with van der Waals surface area (Å²) in [7, 11) is 0. The fraction of sp³-hybridized carbons (Fsp3) is 0.500. The van der Waals surface area contributed by atoms with Gasteiger partial charge in [0.25, 0.3) is 0 Å². The molecule has 0 aliphatic heterocycles. The van der Waals surface area contributed by atoms with Crippen molar-refractivity contribution in [3.63, 3.8) is 0 Å². The van der Waals surface area contributed by atoms with E-state index in [1.54, 1.807) is 6.33 Å². The van der Waals surface area contributed by atoms with Crippen LogP contribution >= 0.6 is 0 Å². The van der Waals surface area contributed by atoms with Crippen molar-refractivity contribution in [2.75, 3.05) is 6.54 Å². The van der Waals surface area contributed by atoms with Crippen LogP contribution in [0.3, 0.4) is 0 Å². The van der Waals surface area contributed by atoms with Crippen molar-refractivity contribution in [1.82, 2.24) is 19.9 Å². The van der Waals surface area contributed by atoms with Crippen molar-refractivity contribution in [3.05, 3.63) is 53.9 Å². The van der Waals surface area contributed by atoms with Gasteiger partial charge in [0.05, 0.1) is 11.7 Å². The molecule has 0 N–H and O–H groups in total. The zero-order valence-electron chi connectivity index (χ0n) is 13.4. The summed E-state index contributed by atoms with van der Waals surface area (Å²) in [6.07, 6.45) is 10.9. The van der Waals surface area contributed by atoms with E-state index in [0.29, 0.717) is 12.0 Å². The largest absolute Gasteiger partial charge is 0.290 e. The van der Waals surface area contributed by atoms with Crippen LogP contribution in [-0.2, 0) is 13.0 Å². The van der Waals surface area contributed by atoms with E-state index in [1.165, 1.54) is 29.7 Å². The van der Waals surface area contributed by atoms with Gasteiger partial charge in [-0.3, -0.25) is 9.88 Å². The Morgan fingerprint density at radius 1 is 1.27 bits per heavy atom. The molecule has 0 aromatic carbocycles. The van der Waals surface area contributed by atoms with E-state index in [4.69, 9.17) is 4.98 Å². The van der Waals surface area contributed by atoms with Gasteiger partial charge in [-0.2, -0.15) is 0 Å². The second kappa shape index (κ2) is 6.97. The van der Waals surface area contributed by atoms with E-state index in [-0.39, 0.29) is 0 Å². The van der Waals surface area contributed by atoms with Crippen LogP contribution in [0.25, 0.3) is 0 Å². The molecule has 22 heavy (non-hydrogen) atoms. The zero-order chi connectivity index (χ0) is 15.4. The molecule has 0 radical (unpaired) electrons. The van der Waals surface area contributed by atoms with Crippen LogP contribution in [0.1, 0.15) is 49.6 Å². The molecule has 3 rings (SSSR count). The summed E-state index contributed by atoms with van der Waals surface area (Å²) in [5, 5.41) is 0. The van der Waals surface area contributed by atoms with Crippen molar-refractivity contribution in [3.8, 4) is 0 Å². The molecule has 0 saturated heterocycles. The summed E-state index contributed by atoms with van der Waals surface area (Å²) in [5.74, 6) is 0.624. The molecular weight excluding hydrogens is 272 g/mol. The summed E-state index contributed by atoms with van der Waals surface area (Å²) in [4.78, 5) is 15.6. The first-order valence-electron chi connectivity index (χ1n) is 8.15. The Labute approximate surface area is 132 Å². The van der Waals surface area contributed by atoms with E-state index in [9.17, 15) is 0 Å². The predicted molar refractivity (Wildman–Crippen MR) is 87.2 cm³/mol. The number of nitrogens with zero attached hydrogens (tertiary/aromatic N) is 4. The highest BCUT2D eigenvalue weighted by atomic mass is 15.2. The molecule has 4 nitrogen and oxygen atoms in total. The normalized spacial score (nSPS) is 17.7. The smallest absolute Gasteiger partial charge is 0.115 e. The van der Waals surface area contributed by atoms with Crippen molar-refractivity contribution < 1.29 is 0 Å². The maximum atomic E-state index is 4.70. The quantitative estimate of drug-likeness (QED) is 0.848. The van der Waals surface area contributed by atoms with Gasteiger partial charge >= 0.3 is 0 Å². The minimum Gasteiger partial charge on any atom is -0.290 e. The standard InChI is InChI=1S/C18H24N4/c1-14(2)11-22(12-15-9-19-13-20-10-15)17-7-3-5-16-6-4-8-21-18(16)17/h4,6,8-10,13-14,17H,3,5,7,11-12H2,1-2H3/t17-/m0/s1. The number of hydrogen-bond donors (Lipinski definition) is 0. The van der Waals surface area contributed by atoms with Crippen molar-refractivity contribution in [2.24, 2.45) is 5.92 Å². The number of aromatic nitrogens is 3. The van der Waals surface area contributed by atoms with Crippen molar-refractivity contribution in [2.45, 2.75) is 45.7 Å². The van der Waals surface area contributed by atoms with Gasteiger partial charge < -0.3 is 0 Å². The molecule has 0 bridgehead atoms. The Morgan fingerprint density at radius 3 is 2.86 bits per heavy atom. The third-order valence-electron chi connectivity index (χ3n) is 4.21. The molecule has 0 unspecified atom stereocenters. The van der Waals surface area contributed by atoms with E-state index in [0.717, 1.165) is 19.5 Å². The third kappa shape index (κ3) is 3.50. The number of hydrogen-bond acceptors (Lipinski definition) is 4.